The molecule has 0 spiro atoms. The van der Waals surface area contributed by atoms with Gasteiger partial charge in [0.05, 0.1) is 26.1 Å². The second kappa shape index (κ2) is 10.6. The Balaban J connectivity index is 1.77. The topological polar surface area (TPSA) is 82.0 Å². The maximum Gasteiger partial charge on any atom is 0.350 e. The van der Waals surface area contributed by atoms with Gasteiger partial charge < -0.3 is 14.2 Å². The third-order valence-corrected chi connectivity index (χ3v) is 5.44. The molecule has 0 aliphatic rings. The minimum Gasteiger partial charge on any atom is -0.493 e. The number of hydrazone groups is 1. The molecule has 1 aromatic heterocycles. The Morgan fingerprint density at radius 2 is 2.03 bits per heavy atom. The minimum atomic E-state index is -0.397. The first-order valence-corrected chi connectivity index (χ1v) is 10.6. The SMILES string of the molecule is CCc1nc(N/N=C\c2cccc(OC)c2OCc2cccc(C)c2)sc1C(=O)OC. The van der Waals surface area contributed by atoms with E-state index in [1.165, 1.54) is 24.0 Å². The summed E-state index contributed by atoms with van der Waals surface area (Å²) in [5.41, 5.74) is 6.56. The molecule has 7 nitrogen and oxygen atoms in total. The van der Waals surface area contributed by atoms with Crippen LogP contribution in [0.1, 0.15) is 39.0 Å². The number of rotatable bonds is 9. The van der Waals surface area contributed by atoms with E-state index in [0.29, 0.717) is 40.2 Å². The number of hydrogen-bond acceptors (Lipinski definition) is 8. The van der Waals surface area contributed by atoms with Crippen molar-refractivity contribution in [2.75, 3.05) is 19.6 Å². The van der Waals surface area contributed by atoms with Gasteiger partial charge in [0.15, 0.2) is 11.5 Å². The summed E-state index contributed by atoms with van der Waals surface area (Å²) in [5.74, 6) is 0.818. The van der Waals surface area contributed by atoms with Gasteiger partial charge in [-0.15, -0.1) is 0 Å². The van der Waals surface area contributed by atoms with Crippen LogP contribution < -0.4 is 14.9 Å². The molecule has 3 aromatic rings. The van der Waals surface area contributed by atoms with Gasteiger partial charge in [-0.1, -0.05) is 54.2 Å². The molecule has 0 aliphatic heterocycles. The van der Waals surface area contributed by atoms with Gasteiger partial charge in [0.2, 0.25) is 5.13 Å². The maximum atomic E-state index is 11.9. The smallest absolute Gasteiger partial charge is 0.350 e. The normalized spacial score (nSPS) is 10.8. The Kier molecular flexibility index (Phi) is 7.61. The van der Waals surface area contributed by atoms with E-state index in [1.54, 1.807) is 13.3 Å². The maximum absolute atomic E-state index is 11.9. The summed E-state index contributed by atoms with van der Waals surface area (Å²) in [4.78, 5) is 16.8. The molecule has 0 atom stereocenters. The Morgan fingerprint density at radius 1 is 1.23 bits per heavy atom. The molecule has 0 aliphatic carbocycles. The van der Waals surface area contributed by atoms with Gasteiger partial charge in [-0.05, 0) is 31.0 Å². The van der Waals surface area contributed by atoms with Crippen LogP contribution in [-0.4, -0.2) is 31.4 Å². The molecule has 31 heavy (non-hydrogen) atoms. The molecule has 0 amide bonds. The van der Waals surface area contributed by atoms with Crippen LogP contribution in [0.3, 0.4) is 0 Å². The minimum absolute atomic E-state index is 0.397. The molecular weight excluding hydrogens is 414 g/mol. The van der Waals surface area contributed by atoms with Crippen LogP contribution in [0, 0.1) is 6.92 Å². The van der Waals surface area contributed by atoms with Crippen LogP contribution in [-0.2, 0) is 17.8 Å². The molecule has 0 fully saturated rings. The fourth-order valence-corrected chi connectivity index (χ4v) is 3.88. The first-order valence-electron chi connectivity index (χ1n) is 9.78. The Hall–Kier alpha value is -3.39. The number of esters is 1. The second-order valence-corrected chi connectivity index (χ2v) is 7.67. The largest absolute Gasteiger partial charge is 0.493 e. The van der Waals surface area contributed by atoms with E-state index < -0.39 is 5.97 Å². The molecule has 1 N–H and O–H groups in total. The number of para-hydroxylation sites is 1. The molecular formula is C23H25N3O4S. The number of anilines is 1. The van der Waals surface area contributed by atoms with Gasteiger partial charge in [0, 0.05) is 5.56 Å². The van der Waals surface area contributed by atoms with Crippen LogP contribution >= 0.6 is 11.3 Å². The van der Waals surface area contributed by atoms with Crippen molar-refractivity contribution >= 4 is 28.7 Å². The van der Waals surface area contributed by atoms with Crippen molar-refractivity contribution in [2.24, 2.45) is 5.10 Å². The van der Waals surface area contributed by atoms with Crippen molar-refractivity contribution in [1.29, 1.82) is 0 Å². The van der Waals surface area contributed by atoms with Gasteiger partial charge in [0.25, 0.3) is 0 Å². The zero-order valence-electron chi connectivity index (χ0n) is 18.0. The van der Waals surface area contributed by atoms with Crippen molar-refractivity contribution in [3.63, 3.8) is 0 Å². The van der Waals surface area contributed by atoms with Crippen LogP contribution in [0.4, 0.5) is 5.13 Å². The van der Waals surface area contributed by atoms with Crippen molar-refractivity contribution in [1.82, 2.24) is 4.98 Å². The zero-order chi connectivity index (χ0) is 22.2. The van der Waals surface area contributed by atoms with Crippen LogP contribution in [0.2, 0.25) is 0 Å². The molecule has 8 heteroatoms. The third-order valence-electron chi connectivity index (χ3n) is 4.46. The number of nitrogens with zero attached hydrogens (tertiary/aromatic N) is 2. The molecule has 2 aromatic carbocycles. The van der Waals surface area contributed by atoms with Gasteiger partial charge >= 0.3 is 5.97 Å². The molecule has 0 saturated carbocycles. The van der Waals surface area contributed by atoms with E-state index in [-0.39, 0.29) is 0 Å². The lowest BCUT2D eigenvalue weighted by molar-refractivity contribution is 0.0605. The average molecular weight is 440 g/mol. The van der Waals surface area contributed by atoms with E-state index in [2.05, 4.69) is 21.6 Å². The molecule has 0 bridgehead atoms. The predicted molar refractivity (Wildman–Crippen MR) is 123 cm³/mol. The van der Waals surface area contributed by atoms with E-state index in [4.69, 9.17) is 14.2 Å². The third kappa shape index (κ3) is 5.61. The number of aromatic nitrogens is 1. The van der Waals surface area contributed by atoms with Crippen molar-refractivity contribution in [3.05, 3.63) is 69.7 Å². The standard InChI is InChI=1S/C23H25N3O4S/c1-5-18-21(22(27)29-4)31-23(25-18)26-24-13-17-10-7-11-19(28-3)20(17)30-14-16-9-6-8-15(2)12-16/h6-13H,5,14H2,1-4H3,(H,25,26)/b24-13-. The average Bonchev–Trinajstić information content (AvgIpc) is 3.20. The summed E-state index contributed by atoms with van der Waals surface area (Å²) < 4.78 is 16.4. The second-order valence-electron chi connectivity index (χ2n) is 6.67. The van der Waals surface area contributed by atoms with Crippen molar-refractivity contribution in [2.45, 2.75) is 26.9 Å². The highest BCUT2D eigenvalue weighted by molar-refractivity contribution is 7.17. The lowest BCUT2D eigenvalue weighted by Gasteiger charge is -2.13. The summed E-state index contributed by atoms with van der Waals surface area (Å²) in [7, 11) is 2.96. The quantitative estimate of drug-likeness (QED) is 0.292. The highest BCUT2D eigenvalue weighted by Gasteiger charge is 2.17. The number of ether oxygens (including phenoxy) is 3. The van der Waals surface area contributed by atoms with Crippen LogP contribution in [0.15, 0.2) is 47.6 Å². The highest BCUT2D eigenvalue weighted by Crippen LogP contribution is 2.31. The molecule has 0 saturated heterocycles. The van der Waals surface area contributed by atoms with Gasteiger partial charge in [-0.3, -0.25) is 5.43 Å². The highest BCUT2D eigenvalue weighted by atomic mass is 32.1. The molecule has 0 unspecified atom stereocenters. The van der Waals surface area contributed by atoms with E-state index >= 15 is 0 Å². The monoisotopic (exact) mass is 439 g/mol. The zero-order valence-corrected chi connectivity index (χ0v) is 18.8. The molecule has 3 rings (SSSR count). The van der Waals surface area contributed by atoms with Crippen molar-refractivity contribution in [3.8, 4) is 11.5 Å². The number of hydrogen-bond donors (Lipinski definition) is 1. The molecule has 1 heterocycles. The number of carbonyl (C=O) groups excluding carboxylic acids is 1. The predicted octanol–water partition coefficient (Wildman–Crippen LogP) is 4.83. The summed E-state index contributed by atoms with van der Waals surface area (Å²) in [6.07, 6.45) is 2.26. The van der Waals surface area contributed by atoms with E-state index in [1.807, 2.05) is 50.2 Å². The van der Waals surface area contributed by atoms with Gasteiger partial charge in [-0.2, -0.15) is 5.10 Å². The van der Waals surface area contributed by atoms with Gasteiger partial charge in [-0.25, -0.2) is 9.78 Å². The van der Waals surface area contributed by atoms with Crippen LogP contribution in [0.5, 0.6) is 11.5 Å². The number of benzene rings is 2. The van der Waals surface area contributed by atoms with Crippen LogP contribution in [0.25, 0.3) is 0 Å². The molecule has 0 radical (unpaired) electrons. The number of aryl methyl sites for hydroxylation is 2. The Bertz CT molecular complexity index is 1080. The fraction of sp³-hybridized carbons (Fsp3) is 0.261. The lowest BCUT2D eigenvalue weighted by atomic mass is 10.1. The van der Waals surface area contributed by atoms with E-state index in [9.17, 15) is 4.79 Å². The lowest BCUT2D eigenvalue weighted by Crippen LogP contribution is -2.02. The van der Waals surface area contributed by atoms with E-state index in [0.717, 1.165) is 11.1 Å². The number of nitrogens with one attached hydrogen (secondary N) is 1. The number of methoxy groups -OCH3 is 2. The first kappa shape index (κ1) is 22.3. The summed E-state index contributed by atoms with van der Waals surface area (Å²) >= 11 is 1.21. The number of carbonyl (C=O) groups is 1. The number of thiazole rings is 1. The Labute approximate surface area is 185 Å². The fourth-order valence-electron chi connectivity index (χ4n) is 2.96. The molecule has 162 valence electrons. The first-order chi connectivity index (χ1) is 15.0. The summed E-state index contributed by atoms with van der Waals surface area (Å²) in [6.45, 7) is 4.39. The summed E-state index contributed by atoms with van der Waals surface area (Å²) in [5, 5.41) is 4.79. The van der Waals surface area contributed by atoms with Gasteiger partial charge in [0.1, 0.15) is 11.5 Å². The van der Waals surface area contributed by atoms with Crippen molar-refractivity contribution < 1.29 is 19.0 Å². The Morgan fingerprint density at radius 3 is 2.74 bits per heavy atom. The summed E-state index contributed by atoms with van der Waals surface area (Å²) in [6, 6.07) is 13.7.